The summed E-state index contributed by atoms with van der Waals surface area (Å²) in [5.74, 6) is -1.56. The fourth-order valence-corrected chi connectivity index (χ4v) is 4.12. The molecule has 3 rings (SSSR count). The maximum absolute atomic E-state index is 12.3. The van der Waals surface area contributed by atoms with E-state index in [1.165, 1.54) is 6.08 Å². The van der Waals surface area contributed by atoms with Crippen LogP contribution in [0.1, 0.15) is 23.5 Å². The molecule has 0 bridgehead atoms. The highest BCUT2D eigenvalue weighted by Gasteiger charge is 2.63. The molecule has 130 valence electrons. The largest absolute Gasteiger partial charge is 0.480 e. The van der Waals surface area contributed by atoms with Gasteiger partial charge < -0.3 is 5.11 Å². The Kier molecular flexibility index (Phi) is 4.69. The molecule has 2 aromatic rings. The average Bonchev–Trinajstić information content (AvgIpc) is 3.30. The molecule has 25 heavy (non-hydrogen) atoms. The van der Waals surface area contributed by atoms with Crippen LogP contribution in [0.15, 0.2) is 60.0 Å². The summed E-state index contributed by atoms with van der Waals surface area (Å²) in [5, 5.41) is 11.1. The zero-order valence-corrected chi connectivity index (χ0v) is 14.7. The van der Waals surface area contributed by atoms with Crippen LogP contribution >= 0.6 is 11.6 Å². The molecule has 0 amide bonds. The minimum Gasteiger partial charge on any atom is -0.480 e. The smallest absolute Gasteiger partial charge is 0.325 e. The highest BCUT2D eigenvalue weighted by Crippen LogP contribution is 2.52. The molecule has 0 spiro atoms. The summed E-state index contributed by atoms with van der Waals surface area (Å²) < 4.78 is 27.0. The number of halogens is 1. The van der Waals surface area contributed by atoms with Gasteiger partial charge in [-0.3, -0.25) is 4.79 Å². The van der Waals surface area contributed by atoms with Gasteiger partial charge in [0.15, 0.2) is 0 Å². The van der Waals surface area contributed by atoms with E-state index in [1.54, 1.807) is 48.5 Å². The molecule has 0 radical (unpaired) electrons. The third kappa shape index (κ3) is 3.92. The first-order chi connectivity index (χ1) is 11.8. The third-order valence-corrected chi connectivity index (χ3v) is 5.57. The van der Waals surface area contributed by atoms with E-state index in [2.05, 4.69) is 4.72 Å². The topological polar surface area (TPSA) is 83.5 Å². The van der Waals surface area contributed by atoms with Gasteiger partial charge in [0.1, 0.15) is 5.54 Å². The van der Waals surface area contributed by atoms with E-state index in [0.29, 0.717) is 10.6 Å². The van der Waals surface area contributed by atoms with Crippen LogP contribution in [0.2, 0.25) is 5.02 Å². The van der Waals surface area contributed by atoms with Gasteiger partial charge >= 0.3 is 5.97 Å². The van der Waals surface area contributed by atoms with Crippen molar-refractivity contribution in [2.24, 2.45) is 0 Å². The molecule has 7 heteroatoms. The number of carboxylic acid groups (broad SMARTS) is 1. The fourth-order valence-electron chi connectivity index (χ4n) is 2.77. The van der Waals surface area contributed by atoms with Crippen LogP contribution in [0.5, 0.6) is 0 Å². The maximum atomic E-state index is 12.3. The Morgan fingerprint density at radius 3 is 2.40 bits per heavy atom. The molecule has 5 nitrogen and oxygen atoms in total. The Morgan fingerprint density at radius 2 is 1.80 bits per heavy atom. The highest BCUT2D eigenvalue weighted by atomic mass is 35.5. The third-order valence-electron chi connectivity index (χ3n) is 4.18. The average molecular weight is 378 g/mol. The van der Waals surface area contributed by atoms with E-state index >= 15 is 0 Å². The highest BCUT2D eigenvalue weighted by molar-refractivity contribution is 7.92. The number of hydrogen-bond acceptors (Lipinski definition) is 3. The predicted octanol–water partition coefficient (Wildman–Crippen LogP) is 3.24. The van der Waals surface area contributed by atoms with Crippen molar-refractivity contribution in [2.45, 2.75) is 17.9 Å². The quantitative estimate of drug-likeness (QED) is 0.809. The molecule has 0 unspecified atom stereocenters. The van der Waals surface area contributed by atoms with Gasteiger partial charge in [0.2, 0.25) is 10.0 Å². The monoisotopic (exact) mass is 377 g/mol. The van der Waals surface area contributed by atoms with Gasteiger partial charge in [-0.15, -0.1) is 0 Å². The van der Waals surface area contributed by atoms with E-state index in [1.807, 2.05) is 6.07 Å². The van der Waals surface area contributed by atoms with E-state index in [9.17, 15) is 18.3 Å². The Balaban J connectivity index is 1.79. The summed E-state index contributed by atoms with van der Waals surface area (Å²) in [5.41, 5.74) is -0.0475. The lowest BCUT2D eigenvalue weighted by Crippen LogP contribution is -2.43. The van der Waals surface area contributed by atoms with Crippen molar-refractivity contribution in [2.75, 3.05) is 0 Å². The number of carboxylic acids is 1. The second kappa shape index (κ2) is 6.63. The van der Waals surface area contributed by atoms with Crippen molar-refractivity contribution in [1.29, 1.82) is 0 Å². The van der Waals surface area contributed by atoms with E-state index in [-0.39, 0.29) is 12.3 Å². The minimum absolute atomic E-state index is 0.223. The molecule has 0 saturated heterocycles. The first-order valence-corrected chi connectivity index (χ1v) is 9.51. The first-order valence-electron chi connectivity index (χ1n) is 7.58. The second-order valence-electron chi connectivity index (χ2n) is 5.95. The normalized spacial score (nSPS) is 22.8. The molecule has 2 N–H and O–H groups in total. The van der Waals surface area contributed by atoms with Crippen LogP contribution in [0.25, 0.3) is 6.08 Å². The van der Waals surface area contributed by atoms with Crippen LogP contribution in [0.4, 0.5) is 0 Å². The summed E-state index contributed by atoms with van der Waals surface area (Å²) in [6.45, 7) is 0. The molecular formula is C18H16ClNO4S. The van der Waals surface area contributed by atoms with Gasteiger partial charge in [-0.05, 0) is 35.8 Å². The lowest BCUT2D eigenvalue weighted by Gasteiger charge is -2.13. The van der Waals surface area contributed by atoms with Gasteiger partial charge in [-0.25, -0.2) is 8.42 Å². The lowest BCUT2D eigenvalue weighted by molar-refractivity contribution is -0.140. The first kappa shape index (κ1) is 17.7. The van der Waals surface area contributed by atoms with Gasteiger partial charge in [0, 0.05) is 16.3 Å². The van der Waals surface area contributed by atoms with Crippen molar-refractivity contribution in [3.05, 3.63) is 76.2 Å². The summed E-state index contributed by atoms with van der Waals surface area (Å²) >= 11 is 5.79. The van der Waals surface area contributed by atoms with Crippen LogP contribution in [0, 0.1) is 0 Å². The number of hydrogen-bond donors (Lipinski definition) is 2. The SMILES string of the molecule is O=C(O)[C@]1(NS(=O)(=O)C=Cc2ccc(Cl)cc2)C[C@@H]1c1ccccc1. The number of nitrogens with one attached hydrogen (secondary N) is 1. The molecule has 2 aromatic carbocycles. The number of sulfonamides is 1. The standard InChI is InChI=1S/C18H16ClNO4S/c19-15-8-6-13(7-9-15)10-11-25(23,24)20-18(17(21)22)12-16(18)14-4-2-1-3-5-14/h1-11,16,20H,12H2,(H,21,22)/t16-,18+/m1/s1. The zero-order valence-electron chi connectivity index (χ0n) is 13.1. The Labute approximate surface area is 151 Å². The molecule has 1 saturated carbocycles. The Morgan fingerprint density at radius 1 is 1.16 bits per heavy atom. The summed E-state index contributed by atoms with van der Waals surface area (Å²) in [6.07, 6.45) is 1.62. The molecule has 1 aliphatic rings. The van der Waals surface area contributed by atoms with E-state index in [4.69, 9.17) is 11.6 Å². The van der Waals surface area contributed by atoms with Gasteiger partial charge in [0.25, 0.3) is 0 Å². The fraction of sp³-hybridized carbons (Fsp3) is 0.167. The number of carbonyl (C=O) groups is 1. The van der Waals surface area contributed by atoms with Crippen LogP contribution in [-0.4, -0.2) is 25.0 Å². The number of benzene rings is 2. The number of rotatable bonds is 6. The van der Waals surface area contributed by atoms with Crippen molar-refractivity contribution in [1.82, 2.24) is 4.72 Å². The zero-order chi connectivity index (χ0) is 18.1. The van der Waals surface area contributed by atoms with Gasteiger partial charge in [-0.1, -0.05) is 54.1 Å². The second-order valence-corrected chi connectivity index (χ2v) is 7.95. The summed E-state index contributed by atoms with van der Waals surface area (Å²) in [7, 11) is -3.92. The Bertz CT molecular complexity index is 910. The molecule has 0 aromatic heterocycles. The molecule has 1 fully saturated rings. The number of aliphatic carboxylic acids is 1. The predicted molar refractivity (Wildman–Crippen MR) is 96.7 cm³/mol. The van der Waals surface area contributed by atoms with Crippen molar-refractivity contribution >= 4 is 33.7 Å². The lowest BCUT2D eigenvalue weighted by atomic mass is 10.1. The molecule has 2 atom stereocenters. The van der Waals surface area contributed by atoms with Crippen LogP contribution in [0.3, 0.4) is 0 Å². The van der Waals surface area contributed by atoms with Crippen molar-refractivity contribution < 1.29 is 18.3 Å². The molecule has 1 aliphatic carbocycles. The molecule has 0 heterocycles. The van der Waals surface area contributed by atoms with Gasteiger partial charge in [-0.2, -0.15) is 4.72 Å². The summed E-state index contributed by atoms with van der Waals surface area (Å²) in [6, 6.07) is 15.7. The van der Waals surface area contributed by atoms with Crippen LogP contribution < -0.4 is 4.72 Å². The minimum atomic E-state index is -3.92. The molecular weight excluding hydrogens is 362 g/mol. The van der Waals surface area contributed by atoms with Crippen LogP contribution in [-0.2, 0) is 14.8 Å². The van der Waals surface area contributed by atoms with E-state index < -0.39 is 21.5 Å². The van der Waals surface area contributed by atoms with Crippen molar-refractivity contribution in [3.8, 4) is 0 Å². The van der Waals surface area contributed by atoms with Gasteiger partial charge in [0.05, 0.1) is 0 Å². The Hall–Kier alpha value is -2.15. The summed E-state index contributed by atoms with van der Waals surface area (Å²) in [4.78, 5) is 11.7. The maximum Gasteiger partial charge on any atom is 0.325 e. The molecule has 0 aliphatic heterocycles. The van der Waals surface area contributed by atoms with Crippen molar-refractivity contribution in [3.63, 3.8) is 0 Å². The van der Waals surface area contributed by atoms with E-state index in [0.717, 1.165) is 11.0 Å².